The molecule has 2 aromatic heterocycles. The van der Waals surface area contributed by atoms with E-state index in [9.17, 15) is 5.11 Å². The molecule has 1 fully saturated rings. The lowest BCUT2D eigenvalue weighted by Crippen LogP contribution is -2.39. The minimum Gasteiger partial charge on any atom is -0.388 e. The number of rotatable bonds is 3. The van der Waals surface area contributed by atoms with E-state index in [1.807, 2.05) is 31.4 Å². The van der Waals surface area contributed by atoms with E-state index < -0.39 is 5.60 Å². The first-order valence-electron chi connectivity index (χ1n) is 7.78. The largest absolute Gasteiger partial charge is 0.388 e. The molecule has 1 saturated carbocycles. The van der Waals surface area contributed by atoms with E-state index in [-0.39, 0.29) is 0 Å². The third-order valence-corrected chi connectivity index (χ3v) is 4.57. The molecular weight excluding hydrogens is 264 g/mol. The molecular formula is C16H24N4O. The fourth-order valence-corrected chi connectivity index (χ4v) is 3.12. The van der Waals surface area contributed by atoms with Gasteiger partial charge in [0.2, 0.25) is 0 Å². The molecule has 2 aromatic rings. The number of aromatic nitrogens is 3. The van der Waals surface area contributed by atoms with Crippen molar-refractivity contribution in [3.05, 3.63) is 23.0 Å². The Morgan fingerprint density at radius 2 is 1.95 bits per heavy atom. The van der Waals surface area contributed by atoms with E-state index in [1.54, 1.807) is 0 Å². The summed E-state index contributed by atoms with van der Waals surface area (Å²) < 4.78 is 1.85. The molecule has 0 amide bonds. The van der Waals surface area contributed by atoms with Crippen molar-refractivity contribution >= 4 is 11.5 Å². The predicted octanol–water partition coefficient (Wildman–Crippen LogP) is 2.76. The van der Waals surface area contributed by atoms with Gasteiger partial charge in [-0.15, -0.1) is 0 Å². The number of hydrogen-bond donors (Lipinski definition) is 2. The molecule has 0 radical (unpaired) electrons. The van der Waals surface area contributed by atoms with Crippen molar-refractivity contribution in [1.29, 1.82) is 0 Å². The molecule has 2 heterocycles. The van der Waals surface area contributed by atoms with E-state index in [4.69, 9.17) is 0 Å². The second kappa shape index (κ2) is 5.30. The molecule has 0 unspecified atom stereocenters. The van der Waals surface area contributed by atoms with Crippen LogP contribution in [0.15, 0.2) is 6.07 Å². The van der Waals surface area contributed by atoms with Crippen LogP contribution in [-0.2, 0) is 0 Å². The maximum atomic E-state index is 10.6. The summed E-state index contributed by atoms with van der Waals surface area (Å²) in [5.74, 6) is 0.910. The van der Waals surface area contributed by atoms with Gasteiger partial charge in [0.15, 0.2) is 5.65 Å². The van der Waals surface area contributed by atoms with Gasteiger partial charge < -0.3 is 10.4 Å². The maximum Gasteiger partial charge on any atom is 0.160 e. The van der Waals surface area contributed by atoms with Gasteiger partial charge in [0.05, 0.1) is 11.3 Å². The van der Waals surface area contributed by atoms with Gasteiger partial charge in [-0.2, -0.15) is 9.61 Å². The summed E-state index contributed by atoms with van der Waals surface area (Å²) in [5, 5.41) is 18.6. The highest BCUT2D eigenvalue weighted by Gasteiger charge is 2.29. The van der Waals surface area contributed by atoms with Gasteiger partial charge in [-0.1, -0.05) is 19.3 Å². The van der Waals surface area contributed by atoms with E-state index in [1.165, 1.54) is 6.42 Å². The van der Waals surface area contributed by atoms with Crippen molar-refractivity contribution in [2.24, 2.45) is 0 Å². The van der Waals surface area contributed by atoms with Crippen molar-refractivity contribution in [1.82, 2.24) is 14.6 Å². The quantitative estimate of drug-likeness (QED) is 0.911. The number of nitrogens with zero attached hydrogens (tertiary/aromatic N) is 3. The molecule has 0 aromatic carbocycles. The Kier molecular flexibility index (Phi) is 3.61. The van der Waals surface area contributed by atoms with Crippen molar-refractivity contribution in [2.75, 3.05) is 11.9 Å². The lowest BCUT2D eigenvalue weighted by molar-refractivity contribution is 0.0166. The topological polar surface area (TPSA) is 62.5 Å². The molecule has 21 heavy (non-hydrogen) atoms. The third-order valence-electron chi connectivity index (χ3n) is 4.57. The minimum atomic E-state index is -0.584. The summed E-state index contributed by atoms with van der Waals surface area (Å²) in [7, 11) is 0. The molecule has 0 saturated heterocycles. The fourth-order valence-electron chi connectivity index (χ4n) is 3.12. The molecule has 3 rings (SSSR count). The van der Waals surface area contributed by atoms with Crippen LogP contribution in [0.25, 0.3) is 5.65 Å². The number of nitrogens with one attached hydrogen (secondary N) is 1. The normalized spacial score (nSPS) is 18.1. The number of aliphatic hydroxyl groups is 1. The first-order valence-corrected chi connectivity index (χ1v) is 7.78. The van der Waals surface area contributed by atoms with Crippen molar-refractivity contribution in [2.45, 2.75) is 58.5 Å². The van der Waals surface area contributed by atoms with Crippen molar-refractivity contribution < 1.29 is 5.11 Å². The molecule has 2 N–H and O–H groups in total. The van der Waals surface area contributed by atoms with Gasteiger partial charge in [-0.3, -0.25) is 0 Å². The molecule has 114 valence electrons. The highest BCUT2D eigenvalue weighted by molar-refractivity contribution is 5.55. The SMILES string of the molecule is Cc1cc(NCC2(O)CCCCC2)n2nc(C)c(C)c2n1. The average molecular weight is 288 g/mol. The predicted molar refractivity (Wildman–Crippen MR) is 83.7 cm³/mol. The molecule has 5 nitrogen and oxygen atoms in total. The highest BCUT2D eigenvalue weighted by atomic mass is 16.3. The van der Waals surface area contributed by atoms with Gasteiger partial charge in [-0.25, -0.2) is 4.98 Å². The van der Waals surface area contributed by atoms with E-state index >= 15 is 0 Å². The Labute approximate surface area is 125 Å². The lowest BCUT2D eigenvalue weighted by atomic mass is 9.85. The molecule has 0 bridgehead atoms. The number of aryl methyl sites for hydroxylation is 3. The summed E-state index contributed by atoms with van der Waals surface area (Å²) >= 11 is 0. The average Bonchev–Trinajstić information content (AvgIpc) is 2.74. The fraction of sp³-hybridized carbons (Fsp3) is 0.625. The van der Waals surface area contributed by atoms with Crippen LogP contribution >= 0.6 is 0 Å². The molecule has 0 atom stereocenters. The van der Waals surface area contributed by atoms with Crippen LogP contribution in [-0.4, -0.2) is 31.9 Å². The lowest BCUT2D eigenvalue weighted by Gasteiger charge is -2.32. The van der Waals surface area contributed by atoms with Gasteiger partial charge in [-0.05, 0) is 33.6 Å². The number of anilines is 1. The van der Waals surface area contributed by atoms with Crippen LogP contribution in [0.2, 0.25) is 0 Å². The Balaban J connectivity index is 1.88. The summed E-state index contributed by atoms with van der Waals surface area (Å²) in [6, 6.07) is 1.99. The van der Waals surface area contributed by atoms with E-state index in [0.29, 0.717) is 6.54 Å². The Morgan fingerprint density at radius 3 is 2.67 bits per heavy atom. The van der Waals surface area contributed by atoms with Crippen LogP contribution in [0, 0.1) is 20.8 Å². The second-order valence-electron chi connectivity index (χ2n) is 6.37. The highest BCUT2D eigenvalue weighted by Crippen LogP contribution is 2.28. The Bertz CT molecular complexity index is 656. The summed E-state index contributed by atoms with van der Waals surface area (Å²) in [4.78, 5) is 4.57. The first-order chi connectivity index (χ1) is 9.98. The smallest absolute Gasteiger partial charge is 0.160 e. The van der Waals surface area contributed by atoms with Crippen LogP contribution in [0.1, 0.15) is 49.1 Å². The zero-order valence-electron chi connectivity index (χ0n) is 13.1. The zero-order valence-corrected chi connectivity index (χ0v) is 13.1. The summed E-state index contributed by atoms with van der Waals surface area (Å²) in [5.41, 5.74) is 3.37. The first kappa shape index (κ1) is 14.3. The third kappa shape index (κ3) is 2.75. The molecule has 1 aliphatic carbocycles. The van der Waals surface area contributed by atoms with E-state index in [0.717, 1.165) is 54.1 Å². The molecule has 0 aliphatic heterocycles. The number of hydrogen-bond acceptors (Lipinski definition) is 4. The maximum absolute atomic E-state index is 10.6. The zero-order chi connectivity index (χ0) is 15.0. The van der Waals surface area contributed by atoms with Gasteiger partial charge in [0.1, 0.15) is 5.82 Å². The van der Waals surface area contributed by atoms with E-state index in [2.05, 4.69) is 15.4 Å². The monoisotopic (exact) mass is 288 g/mol. The Morgan fingerprint density at radius 1 is 1.24 bits per heavy atom. The van der Waals surface area contributed by atoms with Crippen LogP contribution in [0.5, 0.6) is 0 Å². The number of fused-ring (bicyclic) bond motifs is 1. The van der Waals surface area contributed by atoms with Crippen molar-refractivity contribution in [3.8, 4) is 0 Å². The molecule has 0 spiro atoms. The summed E-state index contributed by atoms with van der Waals surface area (Å²) in [6.07, 6.45) is 5.22. The van der Waals surface area contributed by atoms with Crippen molar-refractivity contribution in [3.63, 3.8) is 0 Å². The summed E-state index contributed by atoms with van der Waals surface area (Å²) in [6.45, 7) is 6.60. The van der Waals surface area contributed by atoms with Gasteiger partial charge in [0, 0.05) is 23.9 Å². The van der Waals surface area contributed by atoms with Crippen LogP contribution < -0.4 is 5.32 Å². The molecule has 1 aliphatic rings. The van der Waals surface area contributed by atoms with Gasteiger partial charge in [0.25, 0.3) is 0 Å². The second-order valence-corrected chi connectivity index (χ2v) is 6.37. The molecule has 5 heteroatoms. The standard InChI is InChI=1S/C16H24N4O/c1-11-9-14(17-10-16(21)7-5-4-6-8-16)20-15(18-11)12(2)13(3)19-20/h9,17,21H,4-8,10H2,1-3H3. The van der Waals surface area contributed by atoms with Crippen LogP contribution in [0.3, 0.4) is 0 Å². The Hall–Kier alpha value is -1.62. The van der Waals surface area contributed by atoms with Crippen LogP contribution in [0.4, 0.5) is 5.82 Å². The minimum absolute atomic E-state index is 0.573. The van der Waals surface area contributed by atoms with Gasteiger partial charge >= 0.3 is 0 Å².